The zero-order valence-electron chi connectivity index (χ0n) is 9.21. The Balaban J connectivity index is 1.94. The first-order valence-electron chi connectivity index (χ1n) is 6.00. The molecule has 0 bridgehead atoms. The number of nitrogens with zero attached hydrogens (tertiary/aromatic N) is 2. The van der Waals surface area contributed by atoms with E-state index in [1.807, 2.05) is 0 Å². The van der Waals surface area contributed by atoms with Gasteiger partial charge in [0.05, 0.1) is 6.01 Å². The first-order chi connectivity index (χ1) is 7.45. The third-order valence-corrected chi connectivity index (χ3v) is 2.92. The number of allylic oxidation sites excluding steroid dienone is 4. The van der Waals surface area contributed by atoms with Crippen molar-refractivity contribution in [1.29, 1.82) is 0 Å². The quantitative estimate of drug-likeness (QED) is 0.603. The van der Waals surface area contributed by atoms with Crippen molar-refractivity contribution in [3.63, 3.8) is 0 Å². The van der Waals surface area contributed by atoms with Gasteiger partial charge in [0.2, 0.25) is 0 Å². The van der Waals surface area contributed by atoms with Crippen molar-refractivity contribution in [1.82, 2.24) is 0 Å². The fourth-order valence-electron chi connectivity index (χ4n) is 2.00. The van der Waals surface area contributed by atoms with E-state index in [2.05, 4.69) is 28.1 Å². The molecule has 0 heterocycles. The molecule has 0 radical (unpaired) electrons. The maximum Gasteiger partial charge on any atom is 0.0998 e. The van der Waals surface area contributed by atoms with Crippen LogP contribution in [0.4, 0.5) is 0 Å². The third-order valence-electron chi connectivity index (χ3n) is 2.92. The van der Waals surface area contributed by atoms with Crippen molar-refractivity contribution < 1.29 is 0 Å². The molecule has 0 amide bonds. The smallest absolute Gasteiger partial charge is 0.0998 e. The Morgan fingerprint density at radius 3 is 1.73 bits per heavy atom. The summed E-state index contributed by atoms with van der Waals surface area (Å²) in [6.45, 7) is 0. The Hall–Kier alpha value is -1.14. The van der Waals surface area contributed by atoms with Gasteiger partial charge in [-0.1, -0.05) is 12.2 Å². The van der Waals surface area contributed by atoms with E-state index in [0.717, 1.165) is 12.8 Å². The molecule has 0 saturated carbocycles. The molecular formula is C13H18N2. The van der Waals surface area contributed by atoms with Crippen LogP contribution >= 0.6 is 0 Å². The van der Waals surface area contributed by atoms with Crippen LogP contribution in [0.1, 0.15) is 51.4 Å². The maximum atomic E-state index is 4.28. The molecule has 0 aliphatic heterocycles. The Labute approximate surface area is 91.5 Å². The molecule has 0 spiro atoms. The second kappa shape index (κ2) is 5.67. The highest BCUT2D eigenvalue weighted by Gasteiger charge is 2.01. The molecule has 0 N–H and O–H groups in total. The highest BCUT2D eigenvalue weighted by Crippen LogP contribution is 2.19. The normalized spacial score (nSPS) is 21.1. The van der Waals surface area contributed by atoms with Crippen LogP contribution in [0.15, 0.2) is 33.5 Å². The summed E-state index contributed by atoms with van der Waals surface area (Å²) >= 11 is 0. The molecule has 0 aromatic rings. The van der Waals surface area contributed by atoms with E-state index in [4.69, 9.17) is 0 Å². The molecule has 2 aliphatic carbocycles. The summed E-state index contributed by atoms with van der Waals surface area (Å²) in [5.41, 5.74) is 2.34. The van der Waals surface area contributed by atoms with E-state index < -0.39 is 0 Å². The van der Waals surface area contributed by atoms with Crippen LogP contribution in [0, 0.1) is 0 Å². The molecule has 0 atom stereocenters. The van der Waals surface area contributed by atoms with Gasteiger partial charge in [-0.05, 0) is 51.4 Å². The van der Waals surface area contributed by atoms with Crippen LogP contribution in [0.2, 0.25) is 0 Å². The van der Waals surface area contributed by atoms with E-state index in [9.17, 15) is 0 Å². The molecule has 0 fully saturated rings. The van der Waals surface area contributed by atoms with Gasteiger partial charge < -0.3 is 0 Å². The minimum Gasteiger partial charge on any atom is -0.192 e. The first kappa shape index (κ1) is 10.4. The minimum atomic E-state index is 1.10. The van der Waals surface area contributed by atoms with Crippen LogP contribution in [0.3, 0.4) is 0 Å². The summed E-state index contributed by atoms with van der Waals surface area (Å²) in [7, 11) is 0. The summed E-state index contributed by atoms with van der Waals surface area (Å²) in [5, 5.41) is 0. The Morgan fingerprint density at radius 2 is 1.33 bits per heavy atom. The Kier molecular flexibility index (Phi) is 3.92. The lowest BCUT2D eigenvalue weighted by Crippen LogP contribution is -1.89. The van der Waals surface area contributed by atoms with Crippen LogP contribution in [-0.4, -0.2) is 6.01 Å². The van der Waals surface area contributed by atoms with Gasteiger partial charge in [0.15, 0.2) is 0 Å². The average Bonchev–Trinajstić information content (AvgIpc) is 2.32. The fourth-order valence-corrected chi connectivity index (χ4v) is 2.00. The Morgan fingerprint density at radius 1 is 0.800 bits per heavy atom. The van der Waals surface area contributed by atoms with Gasteiger partial charge in [0.25, 0.3) is 0 Å². The van der Waals surface area contributed by atoms with Crippen molar-refractivity contribution in [2.45, 2.75) is 51.4 Å². The lowest BCUT2D eigenvalue weighted by Gasteiger charge is -2.06. The number of hydrogen-bond acceptors (Lipinski definition) is 2. The van der Waals surface area contributed by atoms with E-state index in [0.29, 0.717) is 0 Å². The molecule has 0 saturated heterocycles. The predicted molar refractivity (Wildman–Crippen MR) is 63.0 cm³/mol. The van der Waals surface area contributed by atoms with E-state index >= 15 is 0 Å². The second-order valence-electron chi connectivity index (χ2n) is 4.21. The minimum absolute atomic E-state index is 1.10. The SMILES string of the molecule is C(=NC1=CCCCC1)=NC1=CCCCC1. The summed E-state index contributed by atoms with van der Waals surface area (Å²) in [5.74, 6) is 0. The third kappa shape index (κ3) is 3.49. The van der Waals surface area contributed by atoms with Crippen LogP contribution in [0.5, 0.6) is 0 Å². The Bertz CT molecular complexity index is 300. The van der Waals surface area contributed by atoms with Crippen LogP contribution in [-0.2, 0) is 0 Å². The average molecular weight is 202 g/mol. The summed E-state index contributed by atoms with van der Waals surface area (Å²) in [6, 6.07) is 2.84. The van der Waals surface area contributed by atoms with Crippen LogP contribution < -0.4 is 0 Å². The van der Waals surface area contributed by atoms with Gasteiger partial charge in [0.1, 0.15) is 0 Å². The van der Waals surface area contributed by atoms with Crippen LogP contribution in [0.25, 0.3) is 0 Å². The summed E-state index contributed by atoms with van der Waals surface area (Å²) in [6.07, 6.45) is 14.1. The molecule has 2 aliphatic rings. The van der Waals surface area contributed by atoms with Gasteiger partial charge in [-0.2, -0.15) is 9.98 Å². The molecule has 2 heteroatoms. The zero-order chi connectivity index (χ0) is 10.3. The number of hydrogen-bond donors (Lipinski definition) is 0. The zero-order valence-corrected chi connectivity index (χ0v) is 9.21. The first-order valence-corrected chi connectivity index (χ1v) is 6.00. The topological polar surface area (TPSA) is 24.7 Å². The summed E-state index contributed by atoms with van der Waals surface area (Å²) in [4.78, 5) is 8.56. The van der Waals surface area contributed by atoms with Gasteiger partial charge in [-0.25, -0.2) is 0 Å². The lowest BCUT2D eigenvalue weighted by atomic mass is 10.1. The highest BCUT2D eigenvalue weighted by molar-refractivity contribution is 5.46. The second-order valence-corrected chi connectivity index (χ2v) is 4.21. The molecule has 80 valence electrons. The van der Waals surface area contributed by atoms with Gasteiger partial charge in [-0.15, -0.1) is 0 Å². The van der Waals surface area contributed by atoms with Crippen molar-refractivity contribution >= 4 is 6.01 Å². The molecule has 15 heavy (non-hydrogen) atoms. The van der Waals surface area contributed by atoms with Gasteiger partial charge in [0, 0.05) is 11.4 Å². The lowest BCUT2D eigenvalue weighted by molar-refractivity contribution is 0.694. The van der Waals surface area contributed by atoms with Gasteiger partial charge >= 0.3 is 0 Å². The molecular weight excluding hydrogens is 184 g/mol. The number of aliphatic imine (C=N–C) groups is 2. The van der Waals surface area contributed by atoms with E-state index in [1.54, 1.807) is 0 Å². The van der Waals surface area contributed by atoms with E-state index in [1.165, 1.54) is 49.9 Å². The predicted octanol–water partition coefficient (Wildman–Crippen LogP) is 4.08. The largest absolute Gasteiger partial charge is 0.192 e. The standard InChI is InChI=1S/C13H18N2/c1-3-7-12(8-4-1)14-11-15-13-9-5-2-6-10-13/h7,9H,1-6,8,10H2. The molecule has 0 aromatic carbocycles. The maximum absolute atomic E-state index is 4.28. The molecule has 0 aromatic heterocycles. The molecule has 2 rings (SSSR count). The van der Waals surface area contributed by atoms with Crippen molar-refractivity contribution in [3.8, 4) is 0 Å². The monoisotopic (exact) mass is 202 g/mol. The molecule has 2 nitrogen and oxygen atoms in total. The molecule has 0 unspecified atom stereocenters. The van der Waals surface area contributed by atoms with E-state index in [-0.39, 0.29) is 0 Å². The summed E-state index contributed by atoms with van der Waals surface area (Å²) < 4.78 is 0. The van der Waals surface area contributed by atoms with Crippen molar-refractivity contribution in [2.24, 2.45) is 9.98 Å². The fraction of sp³-hybridized carbons (Fsp3) is 0.615. The highest BCUT2D eigenvalue weighted by atomic mass is 14.8. The van der Waals surface area contributed by atoms with Crippen molar-refractivity contribution in [3.05, 3.63) is 23.5 Å². The number of rotatable bonds is 2. The van der Waals surface area contributed by atoms with Crippen molar-refractivity contribution in [2.75, 3.05) is 0 Å². The van der Waals surface area contributed by atoms with Gasteiger partial charge in [-0.3, -0.25) is 0 Å².